The zero-order chi connectivity index (χ0) is 13.8. The summed E-state index contributed by atoms with van der Waals surface area (Å²) in [5.41, 5.74) is 6.82. The van der Waals surface area contributed by atoms with E-state index in [4.69, 9.17) is 10.5 Å². The molecule has 0 aromatic carbocycles. The summed E-state index contributed by atoms with van der Waals surface area (Å²) in [4.78, 5) is 11.3. The van der Waals surface area contributed by atoms with Gasteiger partial charge in [-0.2, -0.15) is 4.98 Å². The van der Waals surface area contributed by atoms with Crippen molar-refractivity contribution in [1.82, 2.24) is 9.97 Å². The van der Waals surface area contributed by atoms with Gasteiger partial charge in [0.05, 0.1) is 6.61 Å². The van der Waals surface area contributed by atoms with Crippen molar-refractivity contribution in [3.63, 3.8) is 0 Å². The standard InChI is InChI=1S/C14H24N4O/c1-4-7-19-13-8-11(3)16-14(17-13)18-6-5-10(2)12(18)9-15/h8,10,12H,4-7,9,15H2,1-3H3. The van der Waals surface area contributed by atoms with Gasteiger partial charge in [-0.3, -0.25) is 0 Å². The lowest BCUT2D eigenvalue weighted by Gasteiger charge is -2.26. The van der Waals surface area contributed by atoms with E-state index >= 15 is 0 Å². The van der Waals surface area contributed by atoms with Crippen LogP contribution in [-0.4, -0.2) is 35.7 Å². The number of hydrogen-bond donors (Lipinski definition) is 1. The first-order valence-corrected chi connectivity index (χ1v) is 7.11. The highest BCUT2D eigenvalue weighted by Crippen LogP contribution is 2.28. The van der Waals surface area contributed by atoms with Crippen LogP contribution in [0, 0.1) is 12.8 Å². The van der Waals surface area contributed by atoms with Gasteiger partial charge >= 0.3 is 0 Å². The van der Waals surface area contributed by atoms with Gasteiger partial charge in [0.25, 0.3) is 0 Å². The predicted molar refractivity (Wildman–Crippen MR) is 76.5 cm³/mol. The highest BCUT2D eigenvalue weighted by molar-refractivity contribution is 5.37. The summed E-state index contributed by atoms with van der Waals surface area (Å²) in [5.74, 6) is 2.01. The van der Waals surface area contributed by atoms with Gasteiger partial charge in [-0.05, 0) is 25.7 Å². The maximum atomic E-state index is 5.88. The van der Waals surface area contributed by atoms with E-state index in [1.54, 1.807) is 0 Å². The van der Waals surface area contributed by atoms with Gasteiger partial charge < -0.3 is 15.4 Å². The van der Waals surface area contributed by atoms with Crippen LogP contribution in [0.15, 0.2) is 6.07 Å². The molecule has 0 aliphatic carbocycles. The molecule has 2 heterocycles. The van der Waals surface area contributed by atoms with Crippen molar-refractivity contribution < 1.29 is 4.74 Å². The van der Waals surface area contributed by atoms with Crippen LogP contribution in [0.3, 0.4) is 0 Å². The Bertz CT molecular complexity index is 424. The van der Waals surface area contributed by atoms with Crippen LogP contribution in [0.25, 0.3) is 0 Å². The normalized spacial score (nSPS) is 22.8. The number of aryl methyl sites for hydroxylation is 1. The van der Waals surface area contributed by atoms with Crippen LogP contribution >= 0.6 is 0 Å². The van der Waals surface area contributed by atoms with Crippen molar-refractivity contribution >= 4 is 5.95 Å². The first-order chi connectivity index (χ1) is 9.15. The number of hydrogen-bond acceptors (Lipinski definition) is 5. The molecular formula is C14H24N4O. The topological polar surface area (TPSA) is 64.3 Å². The second kappa shape index (κ2) is 6.19. The quantitative estimate of drug-likeness (QED) is 0.877. The van der Waals surface area contributed by atoms with Gasteiger partial charge in [-0.15, -0.1) is 0 Å². The van der Waals surface area contributed by atoms with Gasteiger partial charge in [0.15, 0.2) is 0 Å². The van der Waals surface area contributed by atoms with Gasteiger partial charge in [-0.25, -0.2) is 4.98 Å². The summed E-state index contributed by atoms with van der Waals surface area (Å²) in [6.45, 7) is 8.60. The van der Waals surface area contributed by atoms with E-state index in [2.05, 4.69) is 28.7 Å². The second-order valence-corrected chi connectivity index (χ2v) is 5.26. The summed E-state index contributed by atoms with van der Waals surface area (Å²) in [6, 6.07) is 2.22. The summed E-state index contributed by atoms with van der Waals surface area (Å²) in [6.07, 6.45) is 2.12. The minimum absolute atomic E-state index is 0.334. The van der Waals surface area contributed by atoms with Crippen LogP contribution in [0.5, 0.6) is 5.88 Å². The summed E-state index contributed by atoms with van der Waals surface area (Å²) < 4.78 is 5.62. The van der Waals surface area contributed by atoms with Gasteiger partial charge in [0, 0.05) is 30.9 Å². The first kappa shape index (κ1) is 14.1. The molecule has 5 heteroatoms. The van der Waals surface area contributed by atoms with E-state index in [1.165, 1.54) is 0 Å². The average molecular weight is 264 g/mol. The average Bonchev–Trinajstić information content (AvgIpc) is 2.76. The molecule has 1 saturated heterocycles. The van der Waals surface area contributed by atoms with E-state index in [0.717, 1.165) is 31.0 Å². The van der Waals surface area contributed by atoms with Crippen LogP contribution < -0.4 is 15.4 Å². The molecule has 1 aliphatic heterocycles. The molecule has 1 aliphatic rings. The molecule has 2 N–H and O–H groups in total. The zero-order valence-corrected chi connectivity index (χ0v) is 12.1. The van der Waals surface area contributed by atoms with Crippen molar-refractivity contribution in [3.8, 4) is 5.88 Å². The molecule has 106 valence electrons. The maximum absolute atomic E-state index is 5.88. The van der Waals surface area contributed by atoms with Crippen LogP contribution in [0.1, 0.15) is 32.4 Å². The third-order valence-electron chi connectivity index (χ3n) is 3.65. The Morgan fingerprint density at radius 2 is 2.26 bits per heavy atom. The van der Waals surface area contributed by atoms with Crippen molar-refractivity contribution in [2.75, 3.05) is 24.6 Å². The van der Waals surface area contributed by atoms with E-state index in [0.29, 0.717) is 31.0 Å². The molecule has 2 unspecified atom stereocenters. The maximum Gasteiger partial charge on any atom is 0.229 e. The minimum atomic E-state index is 0.334. The lowest BCUT2D eigenvalue weighted by atomic mass is 10.0. The number of nitrogens with two attached hydrogens (primary N) is 1. The highest BCUT2D eigenvalue weighted by Gasteiger charge is 2.32. The first-order valence-electron chi connectivity index (χ1n) is 7.11. The fraction of sp³-hybridized carbons (Fsp3) is 0.714. The van der Waals surface area contributed by atoms with Crippen LogP contribution in [0.4, 0.5) is 5.95 Å². The molecule has 1 aromatic heterocycles. The van der Waals surface area contributed by atoms with Crippen molar-refractivity contribution in [2.45, 2.75) is 39.7 Å². The number of aromatic nitrogens is 2. The van der Waals surface area contributed by atoms with Gasteiger partial charge in [-0.1, -0.05) is 13.8 Å². The smallest absolute Gasteiger partial charge is 0.229 e. The van der Waals surface area contributed by atoms with Crippen molar-refractivity contribution in [1.29, 1.82) is 0 Å². The molecule has 19 heavy (non-hydrogen) atoms. The monoisotopic (exact) mass is 264 g/mol. The predicted octanol–water partition coefficient (Wildman–Crippen LogP) is 1.75. The SMILES string of the molecule is CCCOc1cc(C)nc(N2CCC(C)C2CN)n1. The Balaban J connectivity index is 2.21. The van der Waals surface area contributed by atoms with Crippen LogP contribution in [0.2, 0.25) is 0 Å². The van der Waals surface area contributed by atoms with E-state index in [-0.39, 0.29) is 0 Å². The molecule has 2 atom stereocenters. The van der Waals surface area contributed by atoms with Crippen molar-refractivity contribution in [2.24, 2.45) is 11.7 Å². The zero-order valence-electron chi connectivity index (χ0n) is 12.1. The molecule has 0 amide bonds. The molecule has 1 aromatic rings. The number of ether oxygens (including phenoxy) is 1. The second-order valence-electron chi connectivity index (χ2n) is 5.26. The molecule has 0 spiro atoms. The Labute approximate surface area is 115 Å². The lowest BCUT2D eigenvalue weighted by molar-refractivity contribution is 0.304. The Hall–Kier alpha value is -1.36. The minimum Gasteiger partial charge on any atom is -0.478 e. The van der Waals surface area contributed by atoms with Crippen LogP contribution in [-0.2, 0) is 0 Å². The highest BCUT2D eigenvalue weighted by atomic mass is 16.5. The number of anilines is 1. The van der Waals surface area contributed by atoms with Gasteiger partial charge in [0.1, 0.15) is 0 Å². The summed E-state index contributed by atoms with van der Waals surface area (Å²) in [5, 5.41) is 0. The molecule has 0 saturated carbocycles. The number of nitrogens with zero attached hydrogens (tertiary/aromatic N) is 3. The third kappa shape index (κ3) is 3.15. The molecule has 0 radical (unpaired) electrons. The Kier molecular flexibility index (Phi) is 4.58. The van der Waals surface area contributed by atoms with E-state index < -0.39 is 0 Å². The third-order valence-corrected chi connectivity index (χ3v) is 3.65. The van der Waals surface area contributed by atoms with Gasteiger partial charge in [0.2, 0.25) is 11.8 Å². The van der Waals surface area contributed by atoms with E-state index in [9.17, 15) is 0 Å². The molecule has 5 nitrogen and oxygen atoms in total. The summed E-state index contributed by atoms with van der Waals surface area (Å²) in [7, 11) is 0. The number of rotatable bonds is 5. The summed E-state index contributed by atoms with van der Waals surface area (Å²) >= 11 is 0. The molecule has 2 rings (SSSR count). The molecule has 0 bridgehead atoms. The lowest BCUT2D eigenvalue weighted by Crippen LogP contribution is -2.39. The molecular weight excluding hydrogens is 240 g/mol. The fourth-order valence-corrected chi connectivity index (χ4v) is 2.55. The van der Waals surface area contributed by atoms with E-state index in [1.807, 2.05) is 13.0 Å². The Morgan fingerprint density at radius 3 is 2.95 bits per heavy atom. The Morgan fingerprint density at radius 1 is 1.47 bits per heavy atom. The van der Waals surface area contributed by atoms with Crippen molar-refractivity contribution in [3.05, 3.63) is 11.8 Å². The largest absolute Gasteiger partial charge is 0.478 e. The molecule has 1 fully saturated rings. The fourth-order valence-electron chi connectivity index (χ4n) is 2.55.